The van der Waals surface area contributed by atoms with Crippen LogP contribution in [0.1, 0.15) is 21.5 Å². The molecule has 2 aromatic carbocycles. The number of hydrogen-bond donors (Lipinski definition) is 2. The van der Waals surface area contributed by atoms with E-state index in [0.717, 1.165) is 11.1 Å². The van der Waals surface area contributed by atoms with Crippen molar-refractivity contribution >= 4 is 34.8 Å². The first-order valence-corrected chi connectivity index (χ1v) is 10.4. The Morgan fingerprint density at radius 3 is 2.50 bits per heavy atom. The van der Waals surface area contributed by atoms with Crippen molar-refractivity contribution in [3.63, 3.8) is 0 Å². The summed E-state index contributed by atoms with van der Waals surface area (Å²) >= 11 is 1.31. The predicted molar refractivity (Wildman–Crippen MR) is 118 cm³/mol. The highest BCUT2D eigenvalue weighted by Crippen LogP contribution is 2.31. The molecule has 0 radical (unpaired) electrons. The topological polar surface area (TPSA) is 109 Å². The number of thioether (sulfide) groups is 1. The lowest BCUT2D eigenvalue weighted by molar-refractivity contribution is 0.102. The Bertz CT molecular complexity index is 1290. The van der Waals surface area contributed by atoms with Gasteiger partial charge in [0.25, 0.3) is 5.91 Å². The van der Waals surface area contributed by atoms with E-state index in [1.165, 1.54) is 16.3 Å². The van der Waals surface area contributed by atoms with Crippen LogP contribution in [-0.2, 0) is 0 Å². The highest BCUT2D eigenvalue weighted by atomic mass is 32.2. The van der Waals surface area contributed by atoms with E-state index in [4.69, 9.17) is 5.73 Å². The van der Waals surface area contributed by atoms with Gasteiger partial charge in [-0.3, -0.25) is 4.79 Å². The van der Waals surface area contributed by atoms with Crippen LogP contribution in [0.25, 0.3) is 16.9 Å². The number of nitriles is 1. The number of nitrogen functional groups attached to an aromatic ring is 1. The lowest BCUT2D eigenvalue weighted by Crippen LogP contribution is -2.13. The molecule has 4 rings (SSSR count). The number of aryl methyl sites for hydroxylation is 1. The molecule has 0 saturated carbocycles. The standard InChI is InChI=1S/C22H18N6OS/c1-13-8-10-14(11-9-13)18-16(12-23)19(24)28-20(26-18)17(22(27-28)30-2)21(29)25-15-6-4-3-5-7-15/h3-11H,24H2,1-2H3,(H,25,29). The predicted octanol–water partition coefficient (Wildman–Crippen LogP) is 4.13. The van der Waals surface area contributed by atoms with Gasteiger partial charge in [-0.2, -0.15) is 14.9 Å². The van der Waals surface area contributed by atoms with Crippen molar-refractivity contribution in [2.75, 3.05) is 17.3 Å². The molecule has 148 valence electrons. The minimum Gasteiger partial charge on any atom is -0.382 e. The van der Waals surface area contributed by atoms with Crippen LogP contribution in [0.15, 0.2) is 59.6 Å². The summed E-state index contributed by atoms with van der Waals surface area (Å²) in [5.74, 6) is -0.195. The third kappa shape index (κ3) is 3.36. The van der Waals surface area contributed by atoms with E-state index in [9.17, 15) is 10.1 Å². The quantitative estimate of drug-likeness (QED) is 0.486. The first-order valence-electron chi connectivity index (χ1n) is 9.13. The van der Waals surface area contributed by atoms with Crippen LogP contribution in [0.2, 0.25) is 0 Å². The van der Waals surface area contributed by atoms with E-state index in [1.807, 2.05) is 55.6 Å². The van der Waals surface area contributed by atoms with Gasteiger partial charge >= 0.3 is 0 Å². The molecule has 2 aromatic heterocycles. The van der Waals surface area contributed by atoms with E-state index < -0.39 is 0 Å². The number of benzene rings is 2. The smallest absolute Gasteiger partial charge is 0.262 e. The molecule has 1 amide bonds. The number of nitrogens with one attached hydrogen (secondary N) is 1. The van der Waals surface area contributed by atoms with Gasteiger partial charge in [-0.1, -0.05) is 48.0 Å². The molecule has 0 spiro atoms. The van der Waals surface area contributed by atoms with Gasteiger partial charge in [0, 0.05) is 11.3 Å². The normalized spacial score (nSPS) is 10.7. The van der Waals surface area contributed by atoms with Crippen molar-refractivity contribution in [3.8, 4) is 17.3 Å². The molecule has 4 aromatic rings. The van der Waals surface area contributed by atoms with Gasteiger partial charge in [-0.05, 0) is 25.3 Å². The largest absolute Gasteiger partial charge is 0.382 e. The van der Waals surface area contributed by atoms with Crippen LogP contribution in [0.3, 0.4) is 0 Å². The van der Waals surface area contributed by atoms with Gasteiger partial charge in [0.15, 0.2) is 5.65 Å². The number of hydrogen-bond acceptors (Lipinski definition) is 6. The average Bonchev–Trinajstić information content (AvgIpc) is 3.14. The summed E-state index contributed by atoms with van der Waals surface area (Å²) in [5, 5.41) is 17.5. The van der Waals surface area contributed by atoms with Crippen LogP contribution in [-0.4, -0.2) is 26.8 Å². The van der Waals surface area contributed by atoms with E-state index in [-0.39, 0.29) is 17.3 Å². The minimum absolute atomic E-state index is 0.145. The second-order valence-corrected chi connectivity index (χ2v) is 7.43. The number of fused-ring (bicyclic) bond motifs is 1. The van der Waals surface area contributed by atoms with E-state index in [0.29, 0.717) is 27.6 Å². The molecule has 0 aliphatic rings. The first-order chi connectivity index (χ1) is 14.5. The second kappa shape index (κ2) is 7.89. The van der Waals surface area contributed by atoms with Gasteiger partial charge in [-0.25, -0.2) is 4.98 Å². The Morgan fingerprint density at radius 1 is 1.17 bits per heavy atom. The maximum Gasteiger partial charge on any atom is 0.262 e. The number of aromatic nitrogens is 3. The molecule has 7 nitrogen and oxygen atoms in total. The molecule has 0 fully saturated rings. The fourth-order valence-corrected chi connectivity index (χ4v) is 3.69. The summed E-state index contributed by atoms with van der Waals surface area (Å²) in [6.45, 7) is 1.98. The first kappa shape index (κ1) is 19.5. The van der Waals surface area contributed by atoms with E-state index in [1.54, 1.807) is 12.1 Å². The Labute approximate surface area is 177 Å². The molecule has 0 aliphatic carbocycles. The van der Waals surface area contributed by atoms with Crippen LogP contribution >= 0.6 is 11.8 Å². The fourth-order valence-electron chi connectivity index (χ4n) is 3.14. The van der Waals surface area contributed by atoms with Crippen LogP contribution < -0.4 is 11.1 Å². The highest BCUT2D eigenvalue weighted by Gasteiger charge is 2.25. The van der Waals surface area contributed by atoms with Gasteiger partial charge in [0.1, 0.15) is 28.0 Å². The molecule has 30 heavy (non-hydrogen) atoms. The van der Waals surface area contributed by atoms with Gasteiger partial charge in [0.2, 0.25) is 0 Å². The van der Waals surface area contributed by atoms with Crippen LogP contribution in [0, 0.1) is 18.3 Å². The number of para-hydroxylation sites is 1. The number of nitrogens with two attached hydrogens (primary N) is 1. The summed E-state index contributed by atoms with van der Waals surface area (Å²) in [7, 11) is 0. The molecular weight excluding hydrogens is 396 g/mol. The number of rotatable bonds is 4. The molecule has 2 heterocycles. The Hall–Kier alpha value is -3.83. The SMILES string of the molecule is CSc1nn2c(N)c(C#N)c(-c3ccc(C)cc3)nc2c1C(=O)Nc1ccccc1. The maximum absolute atomic E-state index is 13.1. The molecule has 0 atom stereocenters. The zero-order valence-electron chi connectivity index (χ0n) is 16.4. The number of nitrogens with zero attached hydrogens (tertiary/aromatic N) is 4. The number of amides is 1. The highest BCUT2D eigenvalue weighted by molar-refractivity contribution is 7.98. The minimum atomic E-state index is -0.341. The van der Waals surface area contributed by atoms with Crippen LogP contribution in [0.5, 0.6) is 0 Å². The van der Waals surface area contributed by atoms with Gasteiger partial charge < -0.3 is 11.1 Å². The van der Waals surface area contributed by atoms with Crippen molar-refractivity contribution in [1.82, 2.24) is 14.6 Å². The zero-order chi connectivity index (χ0) is 21.3. The van der Waals surface area contributed by atoms with Gasteiger partial charge in [0.05, 0.1) is 5.69 Å². The lowest BCUT2D eigenvalue weighted by atomic mass is 10.1. The summed E-state index contributed by atoms with van der Waals surface area (Å²) in [4.78, 5) is 17.8. The Balaban J connectivity index is 1.93. The zero-order valence-corrected chi connectivity index (χ0v) is 17.2. The summed E-state index contributed by atoms with van der Waals surface area (Å²) in [6.07, 6.45) is 1.82. The molecule has 0 saturated heterocycles. The summed E-state index contributed by atoms with van der Waals surface area (Å²) in [5.41, 5.74) is 10.0. The third-order valence-corrected chi connectivity index (χ3v) is 5.33. The van der Waals surface area contributed by atoms with Crippen molar-refractivity contribution in [2.24, 2.45) is 0 Å². The van der Waals surface area contributed by atoms with Crippen molar-refractivity contribution in [2.45, 2.75) is 11.9 Å². The molecule has 8 heteroatoms. The number of carbonyl (C=O) groups excluding carboxylic acids is 1. The molecule has 0 unspecified atom stereocenters. The Morgan fingerprint density at radius 2 is 1.87 bits per heavy atom. The fraction of sp³-hybridized carbons (Fsp3) is 0.0909. The van der Waals surface area contributed by atoms with Crippen molar-refractivity contribution in [3.05, 3.63) is 71.3 Å². The van der Waals surface area contributed by atoms with Crippen molar-refractivity contribution < 1.29 is 4.79 Å². The number of anilines is 2. The molecule has 0 aliphatic heterocycles. The van der Waals surface area contributed by atoms with Gasteiger partial charge in [-0.15, -0.1) is 11.8 Å². The monoisotopic (exact) mass is 414 g/mol. The maximum atomic E-state index is 13.1. The van der Waals surface area contributed by atoms with E-state index >= 15 is 0 Å². The summed E-state index contributed by atoms with van der Waals surface area (Å²) < 4.78 is 1.36. The molecule has 3 N–H and O–H groups in total. The third-order valence-electron chi connectivity index (χ3n) is 4.66. The molecule has 0 bridgehead atoms. The van der Waals surface area contributed by atoms with Crippen molar-refractivity contribution in [1.29, 1.82) is 5.26 Å². The summed E-state index contributed by atoms with van der Waals surface area (Å²) in [6, 6.07) is 18.9. The molecular formula is C22H18N6OS. The Kier molecular flexibility index (Phi) is 5.12. The van der Waals surface area contributed by atoms with E-state index in [2.05, 4.69) is 21.5 Å². The number of carbonyl (C=O) groups is 1. The lowest BCUT2D eigenvalue weighted by Gasteiger charge is -2.09. The average molecular weight is 414 g/mol. The second-order valence-electron chi connectivity index (χ2n) is 6.64. The van der Waals surface area contributed by atoms with Crippen LogP contribution in [0.4, 0.5) is 11.5 Å².